The number of esters is 1. The molecule has 0 spiro atoms. The standard InChI is InChI=1S/C11H13N3O2/c1-3-8(2)16-11(15)9-6-13-10-4-5-12-7-14(9)10/h4-8H,3H2,1-2H3. The number of hydrogen-bond acceptors (Lipinski definition) is 4. The summed E-state index contributed by atoms with van der Waals surface area (Å²) in [6.45, 7) is 3.83. The van der Waals surface area contributed by atoms with Crippen LogP contribution in [0, 0.1) is 0 Å². The second kappa shape index (κ2) is 4.30. The summed E-state index contributed by atoms with van der Waals surface area (Å²) in [5.41, 5.74) is 1.09. The third-order valence-corrected chi connectivity index (χ3v) is 2.41. The lowest BCUT2D eigenvalue weighted by Gasteiger charge is -2.09. The lowest BCUT2D eigenvalue weighted by Crippen LogP contribution is -2.15. The molecule has 1 atom stereocenters. The number of nitrogens with zero attached hydrogens (tertiary/aromatic N) is 3. The molecule has 1 unspecified atom stereocenters. The molecular weight excluding hydrogens is 206 g/mol. The topological polar surface area (TPSA) is 56.5 Å². The molecular formula is C11H13N3O2. The molecule has 0 saturated heterocycles. The van der Waals surface area contributed by atoms with Crippen LogP contribution in [0.4, 0.5) is 0 Å². The summed E-state index contributed by atoms with van der Waals surface area (Å²) < 4.78 is 6.84. The van der Waals surface area contributed by atoms with E-state index < -0.39 is 0 Å². The smallest absolute Gasteiger partial charge is 0.357 e. The fourth-order valence-corrected chi connectivity index (χ4v) is 1.31. The average Bonchev–Trinajstić information content (AvgIpc) is 2.72. The van der Waals surface area contributed by atoms with Crippen LogP contribution < -0.4 is 0 Å². The molecule has 0 bridgehead atoms. The maximum atomic E-state index is 11.8. The first-order valence-corrected chi connectivity index (χ1v) is 5.20. The summed E-state index contributed by atoms with van der Waals surface area (Å²) in [5.74, 6) is -0.366. The molecule has 5 heteroatoms. The van der Waals surface area contributed by atoms with Crippen LogP contribution >= 0.6 is 0 Å². The maximum absolute atomic E-state index is 11.8. The second-order valence-electron chi connectivity index (χ2n) is 3.58. The predicted molar refractivity (Wildman–Crippen MR) is 58.2 cm³/mol. The van der Waals surface area contributed by atoms with E-state index in [4.69, 9.17) is 4.74 Å². The van der Waals surface area contributed by atoms with Crippen molar-refractivity contribution in [3.05, 3.63) is 30.5 Å². The Labute approximate surface area is 93.1 Å². The highest BCUT2D eigenvalue weighted by Crippen LogP contribution is 2.08. The number of rotatable bonds is 3. The highest BCUT2D eigenvalue weighted by atomic mass is 16.5. The van der Waals surface area contributed by atoms with Crippen molar-refractivity contribution < 1.29 is 9.53 Å². The van der Waals surface area contributed by atoms with Gasteiger partial charge < -0.3 is 4.74 Å². The maximum Gasteiger partial charge on any atom is 0.357 e. The summed E-state index contributed by atoms with van der Waals surface area (Å²) in [7, 11) is 0. The van der Waals surface area contributed by atoms with Crippen molar-refractivity contribution in [3.8, 4) is 0 Å². The summed E-state index contributed by atoms with van der Waals surface area (Å²) in [6, 6.07) is 1.74. The van der Waals surface area contributed by atoms with E-state index in [1.165, 1.54) is 6.20 Å². The van der Waals surface area contributed by atoms with Crippen molar-refractivity contribution in [3.63, 3.8) is 0 Å². The van der Waals surface area contributed by atoms with E-state index in [1.54, 1.807) is 23.0 Å². The van der Waals surface area contributed by atoms with Gasteiger partial charge in [0, 0.05) is 6.20 Å². The van der Waals surface area contributed by atoms with Gasteiger partial charge in [0.25, 0.3) is 0 Å². The zero-order chi connectivity index (χ0) is 11.5. The number of carbonyl (C=O) groups is 1. The molecule has 0 saturated carbocycles. The van der Waals surface area contributed by atoms with Crippen LogP contribution in [0.5, 0.6) is 0 Å². The van der Waals surface area contributed by atoms with E-state index in [-0.39, 0.29) is 12.1 Å². The van der Waals surface area contributed by atoms with Gasteiger partial charge in [-0.15, -0.1) is 0 Å². The Hall–Kier alpha value is -1.91. The Kier molecular flexibility index (Phi) is 2.85. The zero-order valence-electron chi connectivity index (χ0n) is 9.25. The van der Waals surface area contributed by atoms with E-state index in [2.05, 4.69) is 9.97 Å². The Morgan fingerprint density at radius 3 is 3.19 bits per heavy atom. The van der Waals surface area contributed by atoms with Crippen molar-refractivity contribution in [2.24, 2.45) is 0 Å². The van der Waals surface area contributed by atoms with Crippen LogP contribution in [-0.2, 0) is 4.74 Å². The van der Waals surface area contributed by atoms with Crippen molar-refractivity contribution in [1.29, 1.82) is 0 Å². The molecule has 84 valence electrons. The minimum absolute atomic E-state index is 0.0882. The summed E-state index contributed by atoms with van der Waals surface area (Å²) in [5, 5.41) is 0. The van der Waals surface area contributed by atoms with Gasteiger partial charge in [-0.25, -0.2) is 14.8 Å². The zero-order valence-corrected chi connectivity index (χ0v) is 9.25. The van der Waals surface area contributed by atoms with Crippen molar-refractivity contribution in [1.82, 2.24) is 14.4 Å². The molecule has 0 amide bonds. The number of fused-ring (bicyclic) bond motifs is 1. The molecule has 2 aromatic rings. The van der Waals surface area contributed by atoms with Gasteiger partial charge in [-0.2, -0.15) is 0 Å². The largest absolute Gasteiger partial charge is 0.458 e. The summed E-state index contributed by atoms with van der Waals surface area (Å²) in [6.07, 6.45) is 5.39. The molecule has 0 radical (unpaired) electrons. The molecule has 0 aliphatic heterocycles. The number of ether oxygens (including phenoxy) is 1. The molecule has 16 heavy (non-hydrogen) atoms. The van der Waals surface area contributed by atoms with Gasteiger partial charge in [-0.05, 0) is 19.4 Å². The van der Waals surface area contributed by atoms with Gasteiger partial charge in [-0.3, -0.25) is 4.40 Å². The molecule has 2 heterocycles. The Morgan fingerprint density at radius 2 is 2.44 bits per heavy atom. The highest BCUT2D eigenvalue weighted by Gasteiger charge is 2.15. The minimum atomic E-state index is -0.366. The number of carbonyl (C=O) groups excluding carboxylic acids is 1. The Balaban J connectivity index is 2.30. The van der Waals surface area contributed by atoms with Gasteiger partial charge in [0.2, 0.25) is 0 Å². The van der Waals surface area contributed by atoms with E-state index >= 15 is 0 Å². The van der Waals surface area contributed by atoms with Gasteiger partial charge in [-0.1, -0.05) is 6.92 Å². The molecule has 2 rings (SSSR count). The molecule has 0 aromatic carbocycles. The third kappa shape index (κ3) is 1.88. The molecule has 2 aromatic heterocycles. The molecule has 0 N–H and O–H groups in total. The third-order valence-electron chi connectivity index (χ3n) is 2.41. The van der Waals surface area contributed by atoms with Crippen molar-refractivity contribution >= 4 is 11.6 Å². The quantitative estimate of drug-likeness (QED) is 0.737. The first kappa shape index (κ1) is 10.6. The highest BCUT2D eigenvalue weighted by molar-refractivity contribution is 5.88. The predicted octanol–water partition coefficient (Wildman–Crippen LogP) is 1.68. The van der Waals surface area contributed by atoms with Gasteiger partial charge >= 0.3 is 5.97 Å². The molecule has 0 aliphatic rings. The molecule has 5 nitrogen and oxygen atoms in total. The molecule has 0 fully saturated rings. The Bertz CT molecular complexity index is 507. The minimum Gasteiger partial charge on any atom is -0.458 e. The van der Waals surface area contributed by atoms with Crippen LogP contribution in [-0.4, -0.2) is 26.4 Å². The normalized spacial score (nSPS) is 12.6. The average molecular weight is 219 g/mol. The van der Waals surface area contributed by atoms with Gasteiger partial charge in [0.05, 0.1) is 12.3 Å². The second-order valence-corrected chi connectivity index (χ2v) is 3.58. The van der Waals surface area contributed by atoms with Gasteiger partial charge in [0.15, 0.2) is 5.69 Å². The fourth-order valence-electron chi connectivity index (χ4n) is 1.31. The first-order chi connectivity index (χ1) is 7.72. The summed E-state index contributed by atoms with van der Waals surface area (Å²) in [4.78, 5) is 19.8. The van der Waals surface area contributed by atoms with E-state index in [9.17, 15) is 4.79 Å². The number of aromatic nitrogens is 3. The SMILES string of the molecule is CCC(C)OC(=O)c1cnc2ccncn12. The van der Waals surface area contributed by atoms with E-state index in [0.29, 0.717) is 11.3 Å². The van der Waals surface area contributed by atoms with Crippen LogP contribution in [0.15, 0.2) is 24.8 Å². The van der Waals surface area contributed by atoms with Crippen LogP contribution in [0.25, 0.3) is 5.65 Å². The van der Waals surface area contributed by atoms with E-state index in [1.807, 2.05) is 13.8 Å². The number of hydrogen-bond donors (Lipinski definition) is 0. The van der Waals surface area contributed by atoms with E-state index in [0.717, 1.165) is 6.42 Å². The lowest BCUT2D eigenvalue weighted by atomic mass is 10.3. The van der Waals surface area contributed by atoms with Crippen molar-refractivity contribution in [2.75, 3.05) is 0 Å². The van der Waals surface area contributed by atoms with Crippen molar-refractivity contribution in [2.45, 2.75) is 26.4 Å². The van der Waals surface area contributed by atoms with Crippen LogP contribution in [0.1, 0.15) is 30.8 Å². The van der Waals surface area contributed by atoms with Crippen LogP contribution in [0.3, 0.4) is 0 Å². The first-order valence-electron chi connectivity index (χ1n) is 5.20. The van der Waals surface area contributed by atoms with Gasteiger partial charge in [0.1, 0.15) is 12.0 Å². The summed E-state index contributed by atoms with van der Waals surface area (Å²) >= 11 is 0. The monoisotopic (exact) mass is 219 g/mol. The lowest BCUT2D eigenvalue weighted by molar-refractivity contribution is 0.0326. The fraction of sp³-hybridized carbons (Fsp3) is 0.364. The van der Waals surface area contributed by atoms with Crippen LogP contribution in [0.2, 0.25) is 0 Å². The molecule has 0 aliphatic carbocycles. The Morgan fingerprint density at radius 1 is 1.62 bits per heavy atom. The number of imidazole rings is 1.